The van der Waals surface area contributed by atoms with Crippen LogP contribution in [0, 0.1) is 17.8 Å². The summed E-state index contributed by atoms with van der Waals surface area (Å²) in [4.78, 5) is 40.4. The molecule has 0 aromatic carbocycles. The number of amides is 3. The minimum absolute atomic E-state index is 0.0314. The Balaban J connectivity index is 2.02. The van der Waals surface area contributed by atoms with Gasteiger partial charge in [0.05, 0.1) is 24.0 Å². The molecule has 3 aliphatic heterocycles. The van der Waals surface area contributed by atoms with E-state index in [1.165, 1.54) is 4.90 Å². The van der Waals surface area contributed by atoms with Gasteiger partial charge in [-0.15, -0.1) is 0 Å². The van der Waals surface area contributed by atoms with Gasteiger partial charge in [-0.05, 0) is 25.7 Å². The van der Waals surface area contributed by atoms with Gasteiger partial charge < -0.3 is 25.4 Å². The molecular weight excluding hydrogens is 350 g/mol. The highest BCUT2D eigenvalue weighted by molar-refractivity contribution is 5.99. The minimum Gasteiger partial charge on any atom is -0.395 e. The maximum atomic E-state index is 13.3. The van der Waals surface area contributed by atoms with Crippen LogP contribution >= 0.6 is 0 Å². The molecule has 3 fully saturated rings. The van der Waals surface area contributed by atoms with Crippen molar-refractivity contribution in [1.29, 1.82) is 0 Å². The summed E-state index contributed by atoms with van der Waals surface area (Å²) in [6.45, 7) is 6.25. The average Bonchev–Trinajstić information content (AvgIpc) is 3.13. The highest BCUT2D eigenvalue weighted by Gasteiger charge is 2.79. The van der Waals surface area contributed by atoms with Crippen molar-refractivity contribution in [2.45, 2.75) is 57.3 Å². The third kappa shape index (κ3) is 2.68. The molecule has 0 aromatic heterocycles. The predicted octanol–water partition coefficient (Wildman–Crippen LogP) is -0.348. The van der Waals surface area contributed by atoms with E-state index >= 15 is 0 Å². The largest absolute Gasteiger partial charge is 0.395 e. The normalized spacial score (nSPS) is 39.6. The molecule has 1 spiro atoms. The van der Waals surface area contributed by atoms with Crippen LogP contribution in [-0.4, -0.2) is 71.7 Å². The molecule has 2 bridgehead atoms. The lowest BCUT2D eigenvalue weighted by Gasteiger charge is -2.36. The number of ether oxygens (including phenoxy) is 1. The summed E-state index contributed by atoms with van der Waals surface area (Å²) in [5.74, 6) is -2.09. The quantitative estimate of drug-likeness (QED) is 0.523. The number of nitrogens with zero attached hydrogens (tertiary/aromatic N) is 1. The molecule has 152 valence electrons. The topological polar surface area (TPSA) is 108 Å². The lowest BCUT2D eigenvalue weighted by molar-refractivity contribution is -0.147. The number of hydrogen-bond donors (Lipinski definition) is 3. The first kappa shape index (κ1) is 20.1. The van der Waals surface area contributed by atoms with Gasteiger partial charge in [-0.25, -0.2) is 0 Å². The highest BCUT2D eigenvalue weighted by atomic mass is 16.5. The smallest absolute Gasteiger partial charge is 0.245 e. The molecular formula is C19H31N3O5. The van der Waals surface area contributed by atoms with Gasteiger partial charge >= 0.3 is 0 Å². The molecule has 3 aliphatic rings. The Morgan fingerprint density at radius 3 is 2.67 bits per heavy atom. The molecule has 27 heavy (non-hydrogen) atoms. The molecule has 0 aliphatic carbocycles. The van der Waals surface area contributed by atoms with Gasteiger partial charge in [-0.2, -0.15) is 0 Å². The number of aliphatic hydroxyl groups is 1. The Labute approximate surface area is 160 Å². The minimum atomic E-state index is -1.02. The summed E-state index contributed by atoms with van der Waals surface area (Å²) < 4.78 is 6.44. The summed E-state index contributed by atoms with van der Waals surface area (Å²) in [5.41, 5.74) is -1.80. The van der Waals surface area contributed by atoms with Gasteiger partial charge in [0.25, 0.3) is 0 Å². The van der Waals surface area contributed by atoms with E-state index in [9.17, 15) is 19.5 Å². The molecule has 3 saturated heterocycles. The monoisotopic (exact) mass is 381 g/mol. The summed E-state index contributed by atoms with van der Waals surface area (Å²) in [6, 6.07) is -0.821. The first-order valence-corrected chi connectivity index (χ1v) is 9.89. The van der Waals surface area contributed by atoms with Crippen molar-refractivity contribution in [3.8, 4) is 0 Å². The van der Waals surface area contributed by atoms with E-state index in [0.29, 0.717) is 13.0 Å². The molecule has 8 heteroatoms. The standard InChI is InChI=1S/C19H31N3O5/c1-5-6-7-21-16(25)14-19-10-11(2)18(3,27-19)12(15(24)20-4)13(19)17(26)22(14)8-9-23/h11-14,23H,5-10H2,1-4H3,(H,20,24)(H,21,25)/t11?,12-,13+,14?,18+,19?/m1/s1. The number of carbonyl (C=O) groups excluding carboxylic acids is 3. The van der Waals surface area contributed by atoms with Crippen molar-refractivity contribution in [3.05, 3.63) is 0 Å². The Kier molecular flexibility index (Phi) is 5.24. The van der Waals surface area contributed by atoms with Gasteiger partial charge in [0.2, 0.25) is 17.7 Å². The lowest BCUT2D eigenvalue weighted by atomic mass is 9.62. The third-order valence-electron chi connectivity index (χ3n) is 6.76. The van der Waals surface area contributed by atoms with E-state index in [-0.39, 0.29) is 36.8 Å². The van der Waals surface area contributed by atoms with Crippen LogP contribution < -0.4 is 10.6 Å². The van der Waals surface area contributed by atoms with Crippen molar-refractivity contribution < 1.29 is 24.2 Å². The van der Waals surface area contributed by atoms with Gasteiger partial charge in [0.15, 0.2) is 0 Å². The molecule has 6 atom stereocenters. The number of hydrogen-bond acceptors (Lipinski definition) is 5. The molecule has 3 heterocycles. The average molecular weight is 381 g/mol. The van der Waals surface area contributed by atoms with E-state index in [2.05, 4.69) is 10.6 Å². The zero-order chi connectivity index (χ0) is 20.0. The second-order valence-electron chi connectivity index (χ2n) is 8.22. The van der Waals surface area contributed by atoms with Crippen molar-refractivity contribution in [2.24, 2.45) is 17.8 Å². The fourth-order valence-electron chi connectivity index (χ4n) is 5.43. The van der Waals surface area contributed by atoms with Gasteiger partial charge in [-0.3, -0.25) is 14.4 Å². The number of aliphatic hydroxyl groups excluding tert-OH is 1. The van der Waals surface area contributed by atoms with Crippen LogP contribution in [-0.2, 0) is 19.1 Å². The molecule has 8 nitrogen and oxygen atoms in total. The number of fused-ring (bicyclic) bond motifs is 1. The van der Waals surface area contributed by atoms with Crippen LogP contribution in [0.4, 0.5) is 0 Å². The molecule has 0 saturated carbocycles. The predicted molar refractivity (Wildman–Crippen MR) is 97.6 cm³/mol. The first-order chi connectivity index (χ1) is 12.8. The summed E-state index contributed by atoms with van der Waals surface area (Å²) in [5, 5.41) is 15.0. The third-order valence-corrected chi connectivity index (χ3v) is 6.76. The lowest BCUT2D eigenvalue weighted by Crippen LogP contribution is -2.56. The van der Waals surface area contributed by atoms with Crippen molar-refractivity contribution in [3.63, 3.8) is 0 Å². The van der Waals surface area contributed by atoms with E-state index in [1.807, 2.05) is 20.8 Å². The van der Waals surface area contributed by atoms with Crippen molar-refractivity contribution >= 4 is 17.7 Å². The summed E-state index contributed by atoms with van der Waals surface area (Å²) in [6.07, 6.45) is 2.34. The molecule has 3 N–H and O–H groups in total. The van der Waals surface area contributed by atoms with Crippen LogP contribution in [0.1, 0.15) is 40.0 Å². The zero-order valence-electron chi connectivity index (χ0n) is 16.6. The van der Waals surface area contributed by atoms with Gasteiger partial charge in [0.1, 0.15) is 11.6 Å². The maximum Gasteiger partial charge on any atom is 0.245 e. The fraction of sp³-hybridized carbons (Fsp3) is 0.842. The molecule has 3 amide bonds. The van der Waals surface area contributed by atoms with E-state index in [0.717, 1.165) is 12.8 Å². The Bertz CT molecular complexity index is 641. The van der Waals surface area contributed by atoms with Crippen LogP contribution in [0.25, 0.3) is 0 Å². The number of rotatable bonds is 7. The fourth-order valence-corrected chi connectivity index (χ4v) is 5.43. The number of likely N-dealkylation sites (tertiary alicyclic amines) is 1. The second kappa shape index (κ2) is 7.05. The van der Waals surface area contributed by atoms with Crippen LogP contribution in [0.15, 0.2) is 0 Å². The summed E-state index contributed by atoms with van der Waals surface area (Å²) >= 11 is 0. The number of unbranched alkanes of at least 4 members (excludes halogenated alkanes) is 1. The van der Waals surface area contributed by atoms with E-state index in [4.69, 9.17) is 4.74 Å². The van der Waals surface area contributed by atoms with Gasteiger partial charge in [-0.1, -0.05) is 20.3 Å². The number of carbonyl (C=O) groups is 3. The van der Waals surface area contributed by atoms with Crippen molar-refractivity contribution in [2.75, 3.05) is 26.7 Å². The SMILES string of the molecule is CCCCNC(=O)C1N(CCO)C(=O)[C@@H]2[C@H](C(=O)NC)[C@@]3(C)OC12CC3C. The van der Waals surface area contributed by atoms with E-state index < -0.39 is 29.1 Å². The Morgan fingerprint density at radius 2 is 2.07 bits per heavy atom. The zero-order valence-corrected chi connectivity index (χ0v) is 16.6. The molecule has 0 aromatic rings. The van der Waals surface area contributed by atoms with Crippen LogP contribution in [0.3, 0.4) is 0 Å². The summed E-state index contributed by atoms with van der Waals surface area (Å²) in [7, 11) is 1.55. The molecule has 0 radical (unpaired) electrons. The molecule has 3 rings (SSSR count). The number of nitrogens with one attached hydrogen (secondary N) is 2. The Morgan fingerprint density at radius 1 is 1.37 bits per heavy atom. The first-order valence-electron chi connectivity index (χ1n) is 9.89. The maximum absolute atomic E-state index is 13.3. The highest BCUT2D eigenvalue weighted by Crippen LogP contribution is 2.65. The number of β-amino-alcohol motifs (C(OH)–C–C–N with tert-alkyl or cyclic N) is 1. The second-order valence-corrected chi connectivity index (χ2v) is 8.22. The Hall–Kier alpha value is -1.67. The van der Waals surface area contributed by atoms with E-state index in [1.54, 1.807) is 7.05 Å². The molecule has 3 unspecified atom stereocenters. The van der Waals surface area contributed by atoms with Crippen LogP contribution in [0.2, 0.25) is 0 Å². The van der Waals surface area contributed by atoms with Crippen molar-refractivity contribution in [1.82, 2.24) is 15.5 Å². The van der Waals surface area contributed by atoms with Crippen LogP contribution in [0.5, 0.6) is 0 Å². The van der Waals surface area contributed by atoms with Gasteiger partial charge in [0, 0.05) is 20.1 Å².